The molecule has 1 aliphatic heterocycles. The standard InChI is InChI=1S/C19H22N4O2/c1-13-10-14(11-20)5-6-16(13)19(24)21-12-15-4-3-9-25-18(15)17-7-8-22-23(17)2/h5-8,10,15,18H,3-4,9,12H2,1-2H3,(H,21,24)/t15-,18+/m0/s1. The zero-order valence-corrected chi connectivity index (χ0v) is 14.5. The molecule has 1 aliphatic rings. The Morgan fingerprint density at radius 3 is 3.00 bits per heavy atom. The van der Waals surface area contributed by atoms with E-state index in [1.807, 2.05) is 24.7 Å². The molecule has 1 amide bonds. The first-order valence-electron chi connectivity index (χ1n) is 8.48. The van der Waals surface area contributed by atoms with Crippen LogP contribution in [0.5, 0.6) is 0 Å². The molecular formula is C19H22N4O2. The van der Waals surface area contributed by atoms with Crippen LogP contribution in [0.3, 0.4) is 0 Å². The lowest BCUT2D eigenvalue weighted by molar-refractivity contribution is -0.0317. The summed E-state index contributed by atoms with van der Waals surface area (Å²) in [7, 11) is 1.91. The van der Waals surface area contributed by atoms with E-state index in [0.29, 0.717) is 17.7 Å². The summed E-state index contributed by atoms with van der Waals surface area (Å²) >= 11 is 0. The Hall–Kier alpha value is -2.65. The van der Waals surface area contributed by atoms with Crippen LogP contribution in [-0.4, -0.2) is 28.8 Å². The highest BCUT2D eigenvalue weighted by molar-refractivity contribution is 5.95. The second kappa shape index (κ2) is 7.49. The van der Waals surface area contributed by atoms with Gasteiger partial charge in [0.05, 0.1) is 17.3 Å². The monoisotopic (exact) mass is 338 g/mol. The number of aromatic nitrogens is 2. The van der Waals surface area contributed by atoms with E-state index < -0.39 is 0 Å². The largest absolute Gasteiger partial charge is 0.372 e. The average Bonchev–Trinajstić information content (AvgIpc) is 3.05. The van der Waals surface area contributed by atoms with Gasteiger partial charge in [0.2, 0.25) is 0 Å². The van der Waals surface area contributed by atoms with Crippen molar-refractivity contribution in [3.05, 3.63) is 52.8 Å². The van der Waals surface area contributed by atoms with Gasteiger partial charge in [-0.2, -0.15) is 10.4 Å². The third kappa shape index (κ3) is 3.72. The van der Waals surface area contributed by atoms with Crippen LogP contribution in [0.4, 0.5) is 0 Å². The maximum Gasteiger partial charge on any atom is 0.251 e. The zero-order valence-electron chi connectivity index (χ0n) is 14.5. The highest BCUT2D eigenvalue weighted by Crippen LogP contribution is 2.32. The molecule has 130 valence electrons. The quantitative estimate of drug-likeness (QED) is 0.929. The van der Waals surface area contributed by atoms with Gasteiger partial charge >= 0.3 is 0 Å². The smallest absolute Gasteiger partial charge is 0.251 e. The van der Waals surface area contributed by atoms with E-state index in [9.17, 15) is 4.79 Å². The van der Waals surface area contributed by atoms with E-state index in [1.165, 1.54) is 0 Å². The lowest BCUT2D eigenvalue weighted by Crippen LogP contribution is -2.36. The van der Waals surface area contributed by atoms with Crippen LogP contribution in [0.1, 0.15) is 46.1 Å². The van der Waals surface area contributed by atoms with E-state index in [0.717, 1.165) is 30.7 Å². The molecule has 2 heterocycles. The summed E-state index contributed by atoms with van der Waals surface area (Å²) in [6, 6.07) is 9.17. The molecule has 3 rings (SSSR count). The highest BCUT2D eigenvalue weighted by atomic mass is 16.5. The Morgan fingerprint density at radius 1 is 1.48 bits per heavy atom. The summed E-state index contributed by atoms with van der Waals surface area (Å²) < 4.78 is 7.79. The van der Waals surface area contributed by atoms with E-state index in [4.69, 9.17) is 10.00 Å². The lowest BCUT2D eigenvalue weighted by atomic mass is 9.92. The average molecular weight is 338 g/mol. The van der Waals surface area contributed by atoms with Gasteiger partial charge in [0, 0.05) is 37.9 Å². The van der Waals surface area contributed by atoms with Gasteiger partial charge in [-0.15, -0.1) is 0 Å². The van der Waals surface area contributed by atoms with Crippen LogP contribution in [0.2, 0.25) is 0 Å². The molecule has 0 bridgehead atoms. The maximum absolute atomic E-state index is 12.5. The van der Waals surface area contributed by atoms with Crippen LogP contribution >= 0.6 is 0 Å². The van der Waals surface area contributed by atoms with Gasteiger partial charge in [-0.1, -0.05) is 0 Å². The van der Waals surface area contributed by atoms with Crippen molar-refractivity contribution < 1.29 is 9.53 Å². The summed E-state index contributed by atoms with van der Waals surface area (Å²) in [5.74, 6) is 0.100. The minimum Gasteiger partial charge on any atom is -0.372 e. The van der Waals surface area contributed by atoms with E-state index in [2.05, 4.69) is 16.5 Å². The normalized spacial score (nSPS) is 20.0. The zero-order chi connectivity index (χ0) is 17.8. The Bertz CT molecular complexity index is 806. The molecule has 0 aliphatic carbocycles. The van der Waals surface area contributed by atoms with Crippen LogP contribution in [0.15, 0.2) is 30.5 Å². The third-order valence-corrected chi connectivity index (χ3v) is 4.72. The Balaban J connectivity index is 1.68. The van der Waals surface area contributed by atoms with E-state index in [1.54, 1.807) is 24.4 Å². The lowest BCUT2D eigenvalue weighted by Gasteiger charge is -2.32. The number of nitrogens with one attached hydrogen (secondary N) is 1. The third-order valence-electron chi connectivity index (χ3n) is 4.72. The van der Waals surface area contributed by atoms with Crippen molar-refractivity contribution in [3.8, 4) is 6.07 Å². The van der Waals surface area contributed by atoms with Gasteiger partial charge in [-0.3, -0.25) is 9.48 Å². The van der Waals surface area contributed by atoms with Gasteiger partial charge < -0.3 is 10.1 Å². The molecule has 6 nitrogen and oxygen atoms in total. The number of benzene rings is 1. The summed E-state index contributed by atoms with van der Waals surface area (Å²) in [6.45, 7) is 3.13. The number of carbonyl (C=O) groups is 1. The molecule has 1 aromatic carbocycles. The van der Waals surface area contributed by atoms with Crippen LogP contribution in [-0.2, 0) is 11.8 Å². The number of hydrogen-bond acceptors (Lipinski definition) is 4. The van der Waals surface area contributed by atoms with Gasteiger partial charge in [0.15, 0.2) is 0 Å². The molecule has 0 radical (unpaired) electrons. The van der Waals surface area contributed by atoms with Crippen molar-refractivity contribution >= 4 is 5.91 Å². The molecule has 2 atom stereocenters. The van der Waals surface area contributed by atoms with Crippen molar-refractivity contribution in [3.63, 3.8) is 0 Å². The molecule has 1 N–H and O–H groups in total. The summed E-state index contributed by atoms with van der Waals surface area (Å²) in [5, 5.41) is 16.2. The van der Waals surface area contributed by atoms with Crippen molar-refractivity contribution in [2.75, 3.05) is 13.2 Å². The number of aryl methyl sites for hydroxylation is 2. The fourth-order valence-corrected chi connectivity index (χ4v) is 3.35. The predicted molar refractivity (Wildman–Crippen MR) is 92.9 cm³/mol. The second-order valence-corrected chi connectivity index (χ2v) is 6.42. The maximum atomic E-state index is 12.5. The van der Waals surface area contributed by atoms with Crippen LogP contribution in [0.25, 0.3) is 0 Å². The van der Waals surface area contributed by atoms with Crippen molar-refractivity contribution in [2.45, 2.75) is 25.9 Å². The first-order valence-corrected chi connectivity index (χ1v) is 8.48. The fourth-order valence-electron chi connectivity index (χ4n) is 3.35. The van der Waals surface area contributed by atoms with Crippen molar-refractivity contribution in [2.24, 2.45) is 13.0 Å². The fraction of sp³-hybridized carbons (Fsp3) is 0.421. The van der Waals surface area contributed by atoms with E-state index >= 15 is 0 Å². The van der Waals surface area contributed by atoms with Gasteiger partial charge in [-0.25, -0.2) is 0 Å². The van der Waals surface area contributed by atoms with E-state index in [-0.39, 0.29) is 17.9 Å². The number of carbonyl (C=O) groups excluding carboxylic acids is 1. The molecule has 0 spiro atoms. The summed E-state index contributed by atoms with van der Waals surface area (Å²) in [5.41, 5.74) is 3.01. The minimum absolute atomic E-state index is 0.0522. The number of ether oxygens (including phenoxy) is 1. The van der Waals surface area contributed by atoms with Crippen molar-refractivity contribution in [1.29, 1.82) is 5.26 Å². The summed E-state index contributed by atoms with van der Waals surface area (Å²) in [4.78, 5) is 12.5. The summed E-state index contributed by atoms with van der Waals surface area (Å²) in [6.07, 6.45) is 3.71. The number of nitrogens with zero attached hydrogens (tertiary/aromatic N) is 3. The van der Waals surface area contributed by atoms with Crippen molar-refractivity contribution in [1.82, 2.24) is 15.1 Å². The first-order chi connectivity index (χ1) is 12.1. The molecule has 0 unspecified atom stereocenters. The van der Waals surface area contributed by atoms with Crippen LogP contribution in [0, 0.1) is 24.2 Å². The SMILES string of the molecule is Cc1cc(C#N)ccc1C(=O)NC[C@@H]1CCCO[C@H]1c1ccnn1C. The Morgan fingerprint density at radius 2 is 2.32 bits per heavy atom. The molecule has 6 heteroatoms. The highest BCUT2D eigenvalue weighted by Gasteiger charge is 2.29. The number of rotatable bonds is 4. The minimum atomic E-state index is -0.115. The number of hydrogen-bond donors (Lipinski definition) is 1. The molecule has 0 saturated carbocycles. The molecular weight excluding hydrogens is 316 g/mol. The van der Waals surface area contributed by atoms with Gasteiger partial charge in [0.1, 0.15) is 6.10 Å². The predicted octanol–water partition coefficient (Wildman–Crippen LogP) is 2.50. The molecule has 2 aromatic rings. The Labute approximate surface area is 147 Å². The number of amides is 1. The second-order valence-electron chi connectivity index (χ2n) is 6.42. The van der Waals surface area contributed by atoms with Gasteiger partial charge in [-0.05, 0) is 49.6 Å². The Kier molecular flexibility index (Phi) is 5.15. The molecule has 25 heavy (non-hydrogen) atoms. The van der Waals surface area contributed by atoms with Crippen LogP contribution < -0.4 is 5.32 Å². The number of nitriles is 1. The first kappa shape index (κ1) is 17.2. The van der Waals surface area contributed by atoms with Gasteiger partial charge in [0.25, 0.3) is 5.91 Å². The molecule has 1 fully saturated rings. The topological polar surface area (TPSA) is 79.9 Å². The molecule has 1 aromatic heterocycles. The molecule has 1 saturated heterocycles.